The van der Waals surface area contributed by atoms with Crippen molar-refractivity contribution in [2.24, 2.45) is 5.92 Å². The van der Waals surface area contributed by atoms with Gasteiger partial charge in [-0.3, -0.25) is 9.59 Å². The quantitative estimate of drug-likeness (QED) is 0.682. The third kappa shape index (κ3) is 6.59. The molecule has 2 N–H and O–H groups in total. The normalized spacial score (nSPS) is 17.6. The zero-order chi connectivity index (χ0) is 13.4. The lowest BCUT2D eigenvalue weighted by Gasteiger charge is -2.20. The highest BCUT2D eigenvalue weighted by molar-refractivity contribution is 5.76. The maximum absolute atomic E-state index is 11.4. The van der Waals surface area contributed by atoms with Crippen LogP contribution in [0.15, 0.2) is 0 Å². The van der Waals surface area contributed by atoms with E-state index in [0.29, 0.717) is 25.3 Å². The van der Waals surface area contributed by atoms with Crippen molar-refractivity contribution < 1.29 is 14.7 Å². The zero-order valence-corrected chi connectivity index (χ0v) is 11.2. The first kappa shape index (κ1) is 15.0. The fraction of sp³-hybridized carbons (Fsp3) is 0.846. The molecule has 0 aromatic rings. The number of amides is 1. The van der Waals surface area contributed by atoms with Gasteiger partial charge in [-0.15, -0.1) is 0 Å². The van der Waals surface area contributed by atoms with Gasteiger partial charge in [-0.05, 0) is 38.3 Å². The van der Waals surface area contributed by atoms with Gasteiger partial charge in [-0.1, -0.05) is 6.92 Å². The number of aliphatic carboxylic acids is 1. The Morgan fingerprint density at radius 2 is 1.94 bits per heavy atom. The summed E-state index contributed by atoms with van der Waals surface area (Å²) in [6, 6.07) is 0. The molecule has 1 rings (SSSR count). The summed E-state index contributed by atoms with van der Waals surface area (Å²) in [6.45, 7) is 6.21. The molecule has 1 aliphatic rings. The zero-order valence-electron chi connectivity index (χ0n) is 11.2. The van der Waals surface area contributed by atoms with Crippen molar-refractivity contribution in [1.29, 1.82) is 0 Å². The molecule has 5 nitrogen and oxygen atoms in total. The number of likely N-dealkylation sites (tertiary alicyclic amines) is 1. The van der Waals surface area contributed by atoms with E-state index in [1.807, 2.05) is 0 Å². The fourth-order valence-electron chi connectivity index (χ4n) is 2.25. The van der Waals surface area contributed by atoms with Gasteiger partial charge in [-0.2, -0.15) is 0 Å². The van der Waals surface area contributed by atoms with E-state index in [1.54, 1.807) is 0 Å². The molecule has 1 fully saturated rings. The first-order valence-electron chi connectivity index (χ1n) is 6.79. The number of carboxylic acids is 1. The van der Waals surface area contributed by atoms with E-state index in [9.17, 15) is 9.59 Å². The number of carbonyl (C=O) groups excluding carboxylic acids is 1. The van der Waals surface area contributed by atoms with Gasteiger partial charge < -0.3 is 15.3 Å². The van der Waals surface area contributed by atoms with Crippen LogP contribution in [0.25, 0.3) is 0 Å². The molecule has 18 heavy (non-hydrogen) atoms. The van der Waals surface area contributed by atoms with E-state index in [4.69, 9.17) is 5.11 Å². The molecule has 0 aromatic carbocycles. The number of nitrogens with zero attached hydrogens (tertiary/aromatic N) is 1. The summed E-state index contributed by atoms with van der Waals surface area (Å²) in [5.74, 6) is -0.429. The number of nitrogens with one attached hydrogen (secondary N) is 1. The Labute approximate surface area is 109 Å². The Balaban J connectivity index is 2.03. The van der Waals surface area contributed by atoms with Crippen LogP contribution in [0.5, 0.6) is 0 Å². The van der Waals surface area contributed by atoms with Gasteiger partial charge in [0.1, 0.15) is 0 Å². The largest absolute Gasteiger partial charge is 0.481 e. The van der Waals surface area contributed by atoms with E-state index in [0.717, 1.165) is 6.54 Å². The molecule has 1 atom stereocenters. The molecule has 0 aliphatic carbocycles. The van der Waals surface area contributed by atoms with Gasteiger partial charge in [0.05, 0.1) is 0 Å². The maximum atomic E-state index is 11.4. The van der Waals surface area contributed by atoms with E-state index < -0.39 is 5.97 Å². The van der Waals surface area contributed by atoms with Crippen molar-refractivity contribution in [3.8, 4) is 0 Å². The molecule has 1 unspecified atom stereocenters. The van der Waals surface area contributed by atoms with Crippen molar-refractivity contribution in [2.45, 2.75) is 39.0 Å². The molecule has 0 aromatic heterocycles. The fourth-order valence-corrected chi connectivity index (χ4v) is 2.25. The SMILES string of the molecule is CC(CNC(=O)CCCC(=O)O)CN1CCCC1. The minimum Gasteiger partial charge on any atom is -0.481 e. The smallest absolute Gasteiger partial charge is 0.303 e. The maximum Gasteiger partial charge on any atom is 0.303 e. The van der Waals surface area contributed by atoms with E-state index >= 15 is 0 Å². The summed E-state index contributed by atoms with van der Waals surface area (Å²) >= 11 is 0. The summed E-state index contributed by atoms with van der Waals surface area (Å²) in [7, 11) is 0. The van der Waals surface area contributed by atoms with Gasteiger partial charge >= 0.3 is 5.97 Å². The van der Waals surface area contributed by atoms with E-state index in [-0.39, 0.29) is 12.3 Å². The molecule has 0 bridgehead atoms. The lowest BCUT2D eigenvalue weighted by molar-refractivity contribution is -0.137. The Morgan fingerprint density at radius 1 is 1.28 bits per heavy atom. The topological polar surface area (TPSA) is 69.6 Å². The predicted octanol–water partition coefficient (Wildman–Crippen LogP) is 1.09. The standard InChI is InChI=1S/C13H24N2O3/c1-11(10-15-7-2-3-8-15)9-14-12(16)5-4-6-13(17)18/h11H,2-10H2,1H3,(H,14,16)(H,17,18). The summed E-state index contributed by atoms with van der Waals surface area (Å²) in [6.07, 6.45) is 3.36. The van der Waals surface area contributed by atoms with Crippen LogP contribution in [-0.2, 0) is 9.59 Å². The van der Waals surface area contributed by atoms with E-state index in [1.165, 1.54) is 25.9 Å². The van der Waals surface area contributed by atoms with Gasteiger partial charge in [0.25, 0.3) is 0 Å². The van der Waals surface area contributed by atoms with Crippen LogP contribution < -0.4 is 5.32 Å². The Kier molecular flexibility index (Phi) is 6.72. The molecule has 104 valence electrons. The third-order valence-electron chi connectivity index (χ3n) is 3.21. The van der Waals surface area contributed by atoms with Gasteiger partial charge in [0.2, 0.25) is 5.91 Å². The molecule has 5 heteroatoms. The van der Waals surface area contributed by atoms with Crippen molar-refractivity contribution in [3.05, 3.63) is 0 Å². The number of hydrogen-bond donors (Lipinski definition) is 2. The molecule has 0 spiro atoms. The van der Waals surface area contributed by atoms with Crippen molar-refractivity contribution >= 4 is 11.9 Å². The molecule has 0 radical (unpaired) electrons. The second kappa shape index (κ2) is 8.08. The van der Waals surface area contributed by atoms with Crippen molar-refractivity contribution in [3.63, 3.8) is 0 Å². The minimum atomic E-state index is -0.842. The molecule has 1 heterocycles. The van der Waals surface area contributed by atoms with Crippen LogP contribution in [0.4, 0.5) is 0 Å². The second-order valence-electron chi connectivity index (χ2n) is 5.16. The summed E-state index contributed by atoms with van der Waals surface area (Å²) in [5.41, 5.74) is 0. The Bertz CT molecular complexity index is 275. The summed E-state index contributed by atoms with van der Waals surface area (Å²) in [5, 5.41) is 11.3. The number of carbonyl (C=O) groups is 2. The highest BCUT2D eigenvalue weighted by Gasteiger charge is 2.15. The van der Waals surface area contributed by atoms with Crippen LogP contribution in [0.3, 0.4) is 0 Å². The average Bonchev–Trinajstić information content (AvgIpc) is 2.78. The minimum absolute atomic E-state index is 0.0375. The molecule has 1 aliphatic heterocycles. The first-order valence-corrected chi connectivity index (χ1v) is 6.79. The van der Waals surface area contributed by atoms with Gasteiger partial charge in [0.15, 0.2) is 0 Å². The second-order valence-corrected chi connectivity index (χ2v) is 5.16. The molecule has 1 amide bonds. The third-order valence-corrected chi connectivity index (χ3v) is 3.21. The van der Waals surface area contributed by atoms with Crippen LogP contribution in [0.2, 0.25) is 0 Å². The summed E-state index contributed by atoms with van der Waals surface area (Å²) < 4.78 is 0. The molecular weight excluding hydrogens is 232 g/mol. The van der Waals surface area contributed by atoms with Gasteiger partial charge in [0, 0.05) is 25.9 Å². The average molecular weight is 256 g/mol. The van der Waals surface area contributed by atoms with Crippen LogP contribution in [-0.4, -0.2) is 48.1 Å². The number of rotatable bonds is 8. The molecule has 1 saturated heterocycles. The predicted molar refractivity (Wildman–Crippen MR) is 69.3 cm³/mol. The lowest BCUT2D eigenvalue weighted by Crippen LogP contribution is -2.34. The van der Waals surface area contributed by atoms with Crippen molar-refractivity contribution in [1.82, 2.24) is 10.2 Å². The van der Waals surface area contributed by atoms with E-state index in [2.05, 4.69) is 17.1 Å². The van der Waals surface area contributed by atoms with Crippen LogP contribution in [0, 0.1) is 5.92 Å². The highest BCUT2D eigenvalue weighted by atomic mass is 16.4. The highest BCUT2D eigenvalue weighted by Crippen LogP contribution is 2.09. The Morgan fingerprint density at radius 3 is 2.56 bits per heavy atom. The first-order chi connectivity index (χ1) is 8.58. The molecular formula is C13H24N2O3. The Hall–Kier alpha value is -1.10. The monoisotopic (exact) mass is 256 g/mol. The van der Waals surface area contributed by atoms with Crippen LogP contribution in [0.1, 0.15) is 39.0 Å². The van der Waals surface area contributed by atoms with Gasteiger partial charge in [-0.25, -0.2) is 0 Å². The number of carboxylic acid groups (broad SMARTS) is 1. The van der Waals surface area contributed by atoms with Crippen LogP contribution >= 0.6 is 0 Å². The summed E-state index contributed by atoms with van der Waals surface area (Å²) in [4.78, 5) is 24.2. The van der Waals surface area contributed by atoms with Crippen molar-refractivity contribution in [2.75, 3.05) is 26.2 Å². The lowest BCUT2D eigenvalue weighted by atomic mass is 10.1. The molecule has 0 saturated carbocycles. The number of hydrogen-bond acceptors (Lipinski definition) is 3.